The summed E-state index contributed by atoms with van der Waals surface area (Å²) >= 11 is 6.57. The molecule has 0 radical (unpaired) electrons. The van der Waals surface area contributed by atoms with E-state index in [0.717, 1.165) is 3.70 Å². The maximum Gasteiger partial charge on any atom is 0.101 e. The normalized spacial score (nSPS) is 20.2. The lowest BCUT2D eigenvalue weighted by Gasteiger charge is -2.27. The van der Waals surface area contributed by atoms with Gasteiger partial charge in [-0.1, -0.05) is 63.5 Å². The summed E-state index contributed by atoms with van der Waals surface area (Å²) in [7, 11) is 1.95. The average Bonchev–Trinajstić information content (AvgIpc) is 3.49. The summed E-state index contributed by atoms with van der Waals surface area (Å²) in [5.41, 5.74) is 2.98. The van der Waals surface area contributed by atoms with Crippen molar-refractivity contribution >= 4 is 86.3 Å². The number of aromatic nitrogens is 2. The molecule has 0 bridgehead atoms. The molecule has 2 aromatic rings. The molecule has 4 heterocycles. The van der Waals surface area contributed by atoms with Crippen LogP contribution in [-0.4, -0.2) is 63.1 Å². The maximum atomic E-state index is 4.51. The summed E-state index contributed by atoms with van der Waals surface area (Å²) in [6.45, 7) is 21.0. The Kier molecular flexibility index (Phi) is 16.4. The predicted octanol–water partition coefficient (Wildman–Crippen LogP) is 8.19. The van der Waals surface area contributed by atoms with Crippen molar-refractivity contribution < 1.29 is 0 Å². The molecule has 0 saturated carbocycles. The monoisotopic (exact) mass is 878 g/mol. The fraction of sp³-hybridized carbons (Fsp3) is 0.643. The van der Waals surface area contributed by atoms with Gasteiger partial charge < -0.3 is 0 Å². The van der Waals surface area contributed by atoms with Gasteiger partial charge in [-0.15, -0.1) is 0 Å². The van der Waals surface area contributed by atoms with Crippen LogP contribution in [0.15, 0.2) is 30.7 Å². The minimum Gasteiger partial charge on any atom is -0.299 e. The van der Waals surface area contributed by atoms with Crippen LogP contribution in [0.5, 0.6) is 0 Å². The fourth-order valence-electron chi connectivity index (χ4n) is 5.32. The molecule has 2 aliphatic heterocycles. The second-order valence-electron chi connectivity index (χ2n) is 11.8. The van der Waals surface area contributed by atoms with Gasteiger partial charge >= 0.3 is 0 Å². The maximum absolute atomic E-state index is 4.51. The Morgan fingerprint density at radius 3 is 1.65 bits per heavy atom. The van der Waals surface area contributed by atoms with Gasteiger partial charge in [-0.3, -0.25) is 14.8 Å². The van der Waals surface area contributed by atoms with E-state index in [1.807, 2.05) is 20.0 Å². The molecule has 2 aromatic heterocycles. The Morgan fingerprint density at radius 1 is 0.784 bits per heavy atom. The lowest BCUT2D eigenvalue weighted by atomic mass is 10.1. The SMILES string of the molecule is CC.CN1CCC[C@H]1c1cnc(I)cc1[Si](C)(C)C.CN1CCC[C@H]1c1cnccc1[Si](C)(C)C.II. The summed E-state index contributed by atoms with van der Waals surface area (Å²) in [6.07, 6.45) is 11.4. The lowest BCUT2D eigenvalue weighted by Crippen LogP contribution is -2.42. The molecule has 0 spiro atoms. The molecule has 0 N–H and O–H groups in total. The second-order valence-corrected chi connectivity index (χ2v) is 23.0. The summed E-state index contributed by atoms with van der Waals surface area (Å²) in [4.78, 5) is 13.8. The first-order valence-electron chi connectivity index (χ1n) is 13.5. The van der Waals surface area contributed by atoms with Gasteiger partial charge in [-0.2, -0.15) is 0 Å². The number of halogens is 3. The standard InChI is InChI=1S/C13H21IN2Si.C13H22N2Si.C2H6.I2/c1-16-7-5-6-11(16)10-9-15-13(14)8-12(10)17(2,3)4;1-15-9-5-6-12(15)11-10-14-8-7-13(11)16(2,3)4;2*1-2/h8-9,11H,5-7H2,1-4H3;7-8,10,12H,5-6,9H2,1-4H3;1-2H3;/t11-;12-;;/m00../s1. The highest BCUT2D eigenvalue weighted by molar-refractivity contribution is 15.0. The van der Waals surface area contributed by atoms with E-state index in [-0.39, 0.29) is 0 Å². The molecule has 2 aliphatic rings. The molecule has 4 nitrogen and oxygen atoms in total. The topological polar surface area (TPSA) is 32.3 Å². The van der Waals surface area contributed by atoms with Crippen molar-refractivity contribution in [1.29, 1.82) is 0 Å². The van der Waals surface area contributed by atoms with E-state index in [1.54, 1.807) is 10.4 Å². The van der Waals surface area contributed by atoms with E-state index in [0.29, 0.717) is 12.1 Å². The average molecular weight is 879 g/mol. The molecule has 0 unspecified atom stereocenters. The Morgan fingerprint density at radius 2 is 1.24 bits per heavy atom. The van der Waals surface area contributed by atoms with Crippen LogP contribution in [0, 0.1) is 3.70 Å². The molecule has 2 atom stereocenters. The van der Waals surface area contributed by atoms with E-state index < -0.39 is 16.1 Å². The van der Waals surface area contributed by atoms with Crippen molar-refractivity contribution in [1.82, 2.24) is 19.8 Å². The lowest BCUT2D eigenvalue weighted by molar-refractivity contribution is 0.318. The summed E-state index contributed by atoms with van der Waals surface area (Å²) in [6, 6.07) is 5.76. The van der Waals surface area contributed by atoms with Crippen LogP contribution in [0.25, 0.3) is 0 Å². The number of likely N-dealkylation sites (tertiary alicyclic amines) is 2. The first kappa shape index (κ1) is 35.9. The van der Waals surface area contributed by atoms with Crippen LogP contribution >= 0.6 is 59.8 Å². The number of hydrogen-bond acceptors (Lipinski definition) is 4. The smallest absolute Gasteiger partial charge is 0.101 e. The highest BCUT2D eigenvalue weighted by Gasteiger charge is 2.30. The van der Waals surface area contributed by atoms with Gasteiger partial charge in [0.25, 0.3) is 0 Å². The van der Waals surface area contributed by atoms with Gasteiger partial charge in [-0.05, 0) is 98.7 Å². The quantitative estimate of drug-likeness (QED) is 0.176. The summed E-state index contributed by atoms with van der Waals surface area (Å²) < 4.78 is 1.13. The molecule has 37 heavy (non-hydrogen) atoms. The molecule has 4 rings (SSSR count). The zero-order valence-electron chi connectivity index (χ0n) is 24.7. The molecule has 0 amide bonds. The van der Waals surface area contributed by atoms with E-state index in [4.69, 9.17) is 0 Å². The Labute approximate surface area is 267 Å². The van der Waals surface area contributed by atoms with Crippen molar-refractivity contribution in [2.45, 2.75) is 90.9 Å². The Bertz CT molecular complexity index is 948. The molecule has 2 saturated heterocycles. The summed E-state index contributed by atoms with van der Waals surface area (Å²) in [5.74, 6) is 0. The molecule has 9 heteroatoms. The number of nitrogens with zero attached hydrogens (tertiary/aromatic N) is 4. The van der Waals surface area contributed by atoms with Gasteiger partial charge in [0.05, 0.1) is 16.1 Å². The largest absolute Gasteiger partial charge is 0.299 e. The minimum atomic E-state index is -1.28. The molecule has 2 fully saturated rings. The van der Waals surface area contributed by atoms with Crippen molar-refractivity contribution in [3.63, 3.8) is 0 Å². The highest BCUT2D eigenvalue weighted by atomic mass is 128. The van der Waals surface area contributed by atoms with Crippen LogP contribution in [0.2, 0.25) is 39.3 Å². The number of pyridine rings is 2. The second kappa shape index (κ2) is 17.0. The first-order chi connectivity index (χ1) is 17.4. The van der Waals surface area contributed by atoms with Gasteiger partial charge in [-0.25, -0.2) is 4.98 Å². The molecular weight excluding hydrogens is 829 g/mol. The van der Waals surface area contributed by atoms with E-state index in [1.165, 1.54) is 49.9 Å². The number of hydrogen-bond donors (Lipinski definition) is 0. The van der Waals surface area contributed by atoms with Crippen molar-refractivity contribution in [3.8, 4) is 0 Å². The Hall–Kier alpha value is 0.844. The minimum absolute atomic E-state index is 0.598. The zero-order chi connectivity index (χ0) is 28.4. The summed E-state index contributed by atoms with van der Waals surface area (Å²) in [5, 5.41) is 3.18. The van der Waals surface area contributed by atoms with Crippen LogP contribution in [0.3, 0.4) is 0 Å². The predicted molar refractivity (Wildman–Crippen MR) is 196 cm³/mol. The van der Waals surface area contributed by atoms with Gasteiger partial charge in [0.1, 0.15) is 3.70 Å². The first-order valence-corrected chi connectivity index (χ1v) is 27.9. The number of rotatable bonds is 4. The molecule has 210 valence electrons. The zero-order valence-corrected chi connectivity index (χ0v) is 33.2. The third-order valence-electron chi connectivity index (χ3n) is 7.13. The molecule has 0 aliphatic carbocycles. The van der Waals surface area contributed by atoms with E-state index >= 15 is 0 Å². The molecular formula is C28H49I3N4Si2. The van der Waals surface area contributed by atoms with Gasteiger partial charge in [0.15, 0.2) is 0 Å². The third-order valence-corrected chi connectivity index (χ3v) is 11.8. The van der Waals surface area contributed by atoms with Crippen molar-refractivity contribution in [2.24, 2.45) is 0 Å². The van der Waals surface area contributed by atoms with E-state index in [2.05, 4.69) is 157 Å². The van der Waals surface area contributed by atoms with Crippen LogP contribution in [0.1, 0.15) is 62.7 Å². The molecule has 0 aromatic carbocycles. The van der Waals surface area contributed by atoms with Gasteiger partial charge in [0.2, 0.25) is 0 Å². The van der Waals surface area contributed by atoms with Crippen LogP contribution < -0.4 is 10.4 Å². The third kappa shape index (κ3) is 10.6. The Balaban J connectivity index is 0.000000327. The highest BCUT2D eigenvalue weighted by Crippen LogP contribution is 2.31. The van der Waals surface area contributed by atoms with Crippen molar-refractivity contribution in [3.05, 3.63) is 45.6 Å². The van der Waals surface area contributed by atoms with Crippen LogP contribution in [0.4, 0.5) is 0 Å². The van der Waals surface area contributed by atoms with Crippen molar-refractivity contribution in [2.75, 3.05) is 27.2 Å². The fourth-order valence-corrected chi connectivity index (χ4v) is 9.40. The van der Waals surface area contributed by atoms with Crippen LogP contribution in [-0.2, 0) is 0 Å². The van der Waals surface area contributed by atoms with Gasteiger partial charge in [0, 0.05) is 67.9 Å². The van der Waals surface area contributed by atoms with E-state index in [9.17, 15) is 0 Å².